The van der Waals surface area contributed by atoms with E-state index in [-0.39, 0.29) is 17.2 Å². The molecule has 0 atom stereocenters. The zero-order chi connectivity index (χ0) is 19.6. The zero-order valence-electron chi connectivity index (χ0n) is 15.7. The average Bonchev–Trinajstić information content (AvgIpc) is 2.89. The molecule has 146 valence electrons. The molecule has 1 amide bonds. The largest absolute Gasteiger partial charge is 0.379 e. The molecular formula is C18H24N4O4S. The number of sulfonamides is 1. The number of carbonyl (C=O) groups is 1. The first-order valence-corrected chi connectivity index (χ1v) is 10.2. The van der Waals surface area contributed by atoms with E-state index in [1.807, 2.05) is 20.9 Å². The highest BCUT2D eigenvalue weighted by atomic mass is 32.2. The number of aryl methyl sites for hydroxylation is 2. The third-order valence-corrected chi connectivity index (χ3v) is 6.62. The summed E-state index contributed by atoms with van der Waals surface area (Å²) in [5, 5.41) is 7.10. The van der Waals surface area contributed by atoms with Crippen molar-refractivity contribution in [3.05, 3.63) is 41.2 Å². The molecule has 1 saturated heterocycles. The Morgan fingerprint density at radius 2 is 1.96 bits per heavy atom. The van der Waals surface area contributed by atoms with E-state index in [4.69, 9.17) is 4.74 Å². The van der Waals surface area contributed by atoms with Crippen molar-refractivity contribution in [2.75, 3.05) is 31.6 Å². The van der Waals surface area contributed by atoms with Gasteiger partial charge in [-0.25, -0.2) is 8.42 Å². The van der Waals surface area contributed by atoms with Gasteiger partial charge >= 0.3 is 0 Å². The zero-order valence-corrected chi connectivity index (χ0v) is 16.5. The fourth-order valence-electron chi connectivity index (χ4n) is 3.11. The lowest BCUT2D eigenvalue weighted by Gasteiger charge is -2.26. The number of amides is 1. The highest BCUT2D eigenvalue weighted by Gasteiger charge is 2.26. The summed E-state index contributed by atoms with van der Waals surface area (Å²) in [5.74, 6) is -0.213. The van der Waals surface area contributed by atoms with Gasteiger partial charge in [0.2, 0.25) is 15.9 Å². The van der Waals surface area contributed by atoms with E-state index in [9.17, 15) is 13.2 Å². The molecule has 2 heterocycles. The van der Waals surface area contributed by atoms with Crippen LogP contribution in [-0.2, 0) is 33.0 Å². The molecule has 27 heavy (non-hydrogen) atoms. The molecule has 0 bridgehead atoms. The maximum atomic E-state index is 12.8. The third kappa shape index (κ3) is 4.20. The van der Waals surface area contributed by atoms with Gasteiger partial charge in [-0.1, -0.05) is 6.07 Å². The summed E-state index contributed by atoms with van der Waals surface area (Å²) in [5.41, 5.74) is 3.08. The summed E-state index contributed by atoms with van der Waals surface area (Å²) in [4.78, 5) is 12.6. The number of ether oxygens (including phenoxy) is 1. The van der Waals surface area contributed by atoms with E-state index < -0.39 is 10.0 Å². The molecule has 0 aliphatic carbocycles. The van der Waals surface area contributed by atoms with Crippen molar-refractivity contribution in [3.8, 4) is 0 Å². The average molecular weight is 392 g/mol. The van der Waals surface area contributed by atoms with Crippen LogP contribution < -0.4 is 5.32 Å². The van der Waals surface area contributed by atoms with Crippen molar-refractivity contribution in [2.45, 2.75) is 25.2 Å². The van der Waals surface area contributed by atoms with Gasteiger partial charge in [-0.2, -0.15) is 9.40 Å². The predicted octanol–water partition coefficient (Wildman–Crippen LogP) is 1.24. The first-order valence-electron chi connectivity index (χ1n) is 8.76. The second kappa shape index (κ2) is 7.79. The normalized spacial score (nSPS) is 15.7. The Labute approximate surface area is 159 Å². The number of nitrogens with zero attached hydrogens (tertiary/aromatic N) is 3. The molecule has 0 spiro atoms. The second-order valence-electron chi connectivity index (χ2n) is 6.54. The van der Waals surface area contributed by atoms with Crippen molar-refractivity contribution in [2.24, 2.45) is 7.05 Å². The number of morpholine rings is 1. The van der Waals surface area contributed by atoms with Crippen LogP contribution in [0.2, 0.25) is 0 Å². The van der Waals surface area contributed by atoms with Crippen molar-refractivity contribution in [3.63, 3.8) is 0 Å². The number of aromatic nitrogens is 2. The van der Waals surface area contributed by atoms with Gasteiger partial charge in [-0.15, -0.1) is 0 Å². The van der Waals surface area contributed by atoms with Crippen LogP contribution >= 0.6 is 0 Å². The SMILES string of the molecule is Cc1nn(C)c(C)c1CC(=O)Nc1cccc(S(=O)(=O)N2CCOCC2)c1. The molecule has 1 aliphatic rings. The lowest BCUT2D eigenvalue weighted by atomic mass is 10.1. The first-order chi connectivity index (χ1) is 12.8. The summed E-state index contributed by atoms with van der Waals surface area (Å²) in [6.07, 6.45) is 0.186. The number of hydrogen-bond donors (Lipinski definition) is 1. The molecule has 0 radical (unpaired) electrons. The molecular weight excluding hydrogens is 368 g/mol. The lowest BCUT2D eigenvalue weighted by molar-refractivity contribution is -0.115. The fourth-order valence-corrected chi connectivity index (χ4v) is 4.56. The van der Waals surface area contributed by atoms with E-state index in [1.165, 1.54) is 16.4 Å². The maximum absolute atomic E-state index is 12.8. The van der Waals surface area contributed by atoms with Gasteiger partial charge in [0.25, 0.3) is 0 Å². The van der Waals surface area contributed by atoms with E-state index in [0.29, 0.717) is 32.0 Å². The van der Waals surface area contributed by atoms with Crippen LogP contribution in [0.15, 0.2) is 29.2 Å². The molecule has 1 fully saturated rings. The van der Waals surface area contributed by atoms with Gasteiger partial charge < -0.3 is 10.1 Å². The summed E-state index contributed by atoms with van der Waals surface area (Å²) < 4.78 is 33.9. The standard InChI is InChI=1S/C18H24N4O4S/c1-13-17(14(2)21(3)20-13)12-18(23)19-15-5-4-6-16(11-15)27(24,25)22-7-9-26-10-8-22/h4-6,11H,7-10,12H2,1-3H3,(H,19,23). The van der Waals surface area contributed by atoms with Crippen LogP contribution in [-0.4, -0.2) is 54.7 Å². The topological polar surface area (TPSA) is 93.5 Å². The number of hydrogen-bond acceptors (Lipinski definition) is 5. The van der Waals surface area contributed by atoms with Gasteiger partial charge in [-0.05, 0) is 32.0 Å². The Bertz CT molecular complexity index is 946. The Balaban J connectivity index is 1.74. The number of rotatable bonds is 5. The van der Waals surface area contributed by atoms with E-state index in [0.717, 1.165) is 17.0 Å². The quantitative estimate of drug-likeness (QED) is 0.826. The van der Waals surface area contributed by atoms with E-state index in [2.05, 4.69) is 10.4 Å². The van der Waals surface area contributed by atoms with Crippen LogP contribution in [0.3, 0.4) is 0 Å². The third-order valence-electron chi connectivity index (χ3n) is 4.72. The summed E-state index contributed by atoms with van der Waals surface area (Å²) in [6.45, 7) is 5.22. The summed E-state index contributed by atoms with van der Waals surface area (Å²) in [7, 11) is -1.76. The summed E-state index contributed by atoms with van der Waals surface area (Å²) >= 11 is 0. The molecule has 0 unspecified atom stereocenters. The monoisotopic (exact) mass is 392 g/mol. The van der Waals surface area contributed by atoms with Crippen LogP contribution in [0.4, 0.5) is 5.69 Å². The first kappa shape index (κ1) is 19.5. The number of nitrogens with one attached hydrogen (secondary N) is 1. The van der Waals surface area contributed by atoms with E-state index in [1.54, 1.807) is 16.8 Å². The molecule has 1 aromatic heterocycles. The Morgan fingerprint density at radius 3 is 2.59 bits per heavy atom. The van der Waals surface area contributed by atoms with Crippen LogP contribution in [0.25, 0.3) is 0 Å². The van der Waals surface area contributed by atoms with Crippen molar-refractivity contribution < 1.29 is 17.9 Å². The minimum Gasteiger partial charge on any atom is -0.379 e. The molecule has 2 aromatic rings. The van der Waals surface area contributed by atoms with Gasteiger partial charge in [-0.3, -0.25) is 9.48 Å². The van der Waals surface area contributed by atoms with Crippen LogP contribution in [0.5, 0.6) is 0 Å². The molecule has 1 aromatic carbocycles. The second-order valence-corrected chi connectivity index (χ2v) is 8.48. The number of benzene rings is 1. The van der Waals surface area contributed by atoms with Gasteiger partial charge in [0.1, 0.15) is 0 Å². The Morgan fingerprint density at radius 1 is 1.26 bits per heavy atom. The van der Waals surface area contributed by atoms with E-state index >= 15 is 0 Å². The highest BCUT2D eigenvalue weighted by Crippen LogP contribution is 2.21. The van der Waals surface area contributed by atoms with Gasteiger partial charge in [0.15, 0.2) is 0 Å². The molecule has 1 N–H and O–H groups in total. The maximum Gasteiger partial charge on any atom is 0.243 e. The Hall–Kier alpha value is -2.23. The Kier molecular flexibility index (Phi) is 5.64. The number of anilines is 1. The highest BCUT2D eigenvalue weighted by molar-refractivity contribution is 7.89. The lowest BCUT2D eigenvalue weighted by Crippen LogP contribution is -2.40. The molecule has 3 rings (SSSR count). The fraction of sp³-hybridized carbons (Fsp3) is 0.444. The smallest absolute Gasteiger partial charge is 0.243 e. The van der Waals surface area contributed by atoms with Crippen molar-refractivity contribution >= 4 is 21.6 Å². The van der Waals surface area contributed by atoms with Crippen LogP contribution in [0, 0.1) is 13.8 Å². The van der Waals surface area contributed by atoms with Crippen molar-refractivity contribution in [1.29, 1.82) is 0 Å². The van der Waals surface area contributed by atoms with Crippen molar-refractivity contribution in [1.82, 2.24) is 14.1 Å². The molecule has 9 heteroatoms. The summed E-state index contributed by atoms with van der Waals surface area (Å²) in [6, 6.07) is 6.34. The molecule has 1 aliphatic heterocycles. The van der Waals surface area contributed by atoms with Crippen LogP contribution in [0.1, 0.15) is 17.0 Å². The minimum atomic E-state index is -3.60. The van der Waals surface area contributed by atoms with Gasteiger partial charge in [0.05, 0.1) is 30.2 Å². The van der Waals surface area contributed by atoms with Gasteiger partial charge in [0, 0.05) is 37.1 Å². The molecule has 8 nitrogen and oxygen atoms in total. The molecule has 0 saturated carbocycles. The number of carbonyl (C=O) groups excluding carboxylic acids is 1. The predicted molar refractivity (Wildman–Crippen MR) is 101 cm³/mol. The minimum absolute atomic E-state index is 0.163.